The number of nitrogens with one attached hydrogen (secondary N) is 2. The molecule has 1 atom stereocenters. The summed E-state index contributed by atoms with van der Waals surface area (Å²) in [6.07, 6.45) is 3.84. The van der Waals surface area contributed by atoms with Gasteiger partial charge in [0.05, 0.1) is 6.33 Å². The zero-order chi connectivity index (χ0) is 31.8. The van der Waals surface area contributed by atoms with Crippen LogP contribution in [-0.2, 0) is 16.1 Å². The molecule has 2 aliphatic heterocycles. The molecule has 0 aliphatic carbocycles. The average Bonchev–Trinajstić information content (AvgIpc) is 3.59. The largest absolute Gasteiger partial charge is 0.454 e. The number of rotatable bonds is 8. The molecule has 1 aromatic carbocycles. The summed E-state index contributed by atoms with van der Waals surface area (Å²) in [5.41, 5.74) is 0.779. The number of halogens is 1. The second-order valence-electron chi connectivity index (χ2n) is 12.6. The smallest absolute Gasteiger partial charge is 0.410 e. The van der Waals surface area contributed by atoms with Crippen LogP contribution in [0.5, 0.6) is 11.5 Å². The third kappa shape index (κ3) is 7.17. The molecule has 0 radical (unpaired) electrons. The van der Waals surface area contributed by atoms with Gasteiger partial charge in [-0.2, -0.15) is 0 Å². The highest BCUT2D eigenvalue weighted by Gasteiger charge is 2.36. The molecule has 12 nitrogen and oxygen atoms in total. The van der Waals surface area contributed by atoms with Crippen molar-refractivity contribution in [3.63, 3.8) is 0 Å². The van der Waals surface area contributed by atoms with Gasteiger partial charge in [-0.25, -0.2) is 14.8 Å². The quantitative estimate of drug-likeness (QED) is 0.321. The molecule has 44 heavy (non-hydrogen) atoms. The maximum Gasteiger partial charge on any atom is 0.410 e. The van der Waals surface area contributed by atoms with Crippen molar-refractivity contribution in [3.05, 3.63) is 28.4 Å². The summed E-state index contributed by atoms with van der Waals surface area (Å²) in [6, 6.07) is 3.21. The number of aryl methyl sites for hydroxylation is 1. The summed E-state index contributed by atoms with van der Waals surface area (Å²) < 4.78 is 19.4. The third-order valence-electron chi connectivity index (χ3n) is 7.82. The minimum atomic E-state index is -0.630. The minimum absolute atomic E-state index is 0.0335. The van der Waals surface area contributed by atoms with Crippen LogP contribution in [0.1, 0.15) is 53.9 Å². The normalized spacial score (nSPS) is 16.0. The maximum absolute atomic E-state index is 13.5. The highest BCUT2D eigenvalue weighted by atomic mass is 79.9. The van der Waals surface area contributed by atoms with E-state index >= 15 is 0 Å². The van der Waals surface area contributed by atoms with E-state index in [9.17, 15) is 9.59 Å². The summed E-state index contributed by atoms with van der Waals surface area (Å²) in [4.78, 5) is 42.9. The monoisotopic (exact) mass is 689 g/mol. The first kappa shape index (κ1) is 32.1. The summed E-state index contributed by atoms with van der Waals surface area (Å²) >= 11 is 5.04. The average molecular weight is 691 g/mol. The van der Waals surface area contributed by atoms with Crippen LogP contribution in [-0.4, -0.2) is 79.9 Å². The van der Waals surface area contributed by atoms with Crippen LogP contribution in [0.2, 0.25) is 0 Å². The van der Waals surface area contributed by atoms with Crippen LogP contribution in [0.3, 0.4) is 0 Å². The van der Waals surface area contributed by atoms with Crippen LogP contribution in [0.4, 0.5) is 4.79 Å². The van der Waals surface area contributed by atoms with Crippen LogP contribution in [0.15, 0.2) is 33.0 Å². The number of nitrogens with zero attached hydrogens (tertiary/aromatic N) is 5. The van der Waals surface area contributed by atoms with E-state index in [-0.39, 0.29) is 24.1 Å². The van der Waals surface area contributed by atoms with Crippen molar-refractivity contribution in [2.24, 2.45) is 11.8 Å². The zero-order valence-corrected chi connectivity index (χ0v) is 28.4. The molecule has 2 N–H and O–H groups in total. The Balaban J connectivity index is 1.20. The topological polar surface area (TPSA) is 139 Å². The van der Waals surface area contributed by atoms with Gasteiger partial charge in [0, 0.05) is 36.1 Å². The van der Waals surface area contributed by atoms with Gasteiger partial charge < -0.3 is 28.7 Å². The van der Waals surface area contributed by atoms with Crippen molar-refractivity contribution in [1.82, 2.24) is 29.3 Å². The minimum Gasteiger partial charge on any atom is -0.454 e. The van der Waals surface area contributed by atoms with E-state index < -0.39 is 17.7 Å². The van der Waals surface area contributed by atoms with Crippen molar-refractivity contribution in [2.75, 3.05) is 26.9 Å². The number of amides is 2. The molecule has 2 amide bonds. The Morgan fingerprint density at radius 3 is 2.57 bits per heavy atom. The lowest BCUT2D eigenvalue weighted by atomic mass is 9.92. The molecular formula is C30H40BrN7O5S. The lowest BCUT2D eigenvalue weighted by Gasteiger charge is -2.38. The van der Waals surface area contributed by atoms with Gasteiger partial charge in [0.1, 0.15) is 17.2 Å². The number of likely N-dealkylation sites (tertiary alicyclic amines) is 1. The number of ether oxygens (including phenoxy) is 3. The Bertz CT molecular complexity index is 1590. The molecule has 0 unspecified atom stereocenters. The molecule has 5 rings (SSSR count). The van der Waals surface area contributed by atoms with Crippen molar-refractivity contribution in [3.8, 4) is 11.5 Å². The Kier molecular flexibility index (Phi) is 9.49. The SMILES string of the molecule is CC(C)[C@@H](C(=O)N1CCC(CCn2cnc(=N)c3[nH]c(Sc4cc5c(cc4Br)OCO5)nc32)CC1)N(C)C(=O)OC(C)(C)C. The van der Waals surface area contributed by atoms with Gasteiger partial charge in [-0.3, -0.25) is 15.1 Å². The molecule has 0 saturated carbocycles. The fourth-order valence-corrected chi connectivity index (χ4v) is 6.93. The van der Waals surface area contributed by atoms with E-state index in [0.717, 1.165) is 28.6 Å². The first-order valence-corrected chi connectivity index (χ1v) is 16.4. The van der Waals surface area contributed by atoms with Crippen LogP contribution < -0.4 is 15.0 Å². The molecule has 2 aromatic heterocycles. The van der Waals surface area contributed by atoms with Gasteiger partial charge in [-0.1, -0.05) is 25.6 Å². The van der Waals surface area contributed by atoms with Crippen LogP contribution in [0.25, 0.3) is 11.2 Å². The van der Waals surface area contributed by atoms with Crippen LogP contribution >= 0.6 is 27.7 Å². The lowest BCUT2D eigenvalue weighted by Crippen LogP contribution is -2.54. The fraction of sp³-hybridized carbons (Fsp3) is 0.567. The molecule has 4 heterocycles. The number of hydrogen-bond acceptors (Lipinski definition) is 9. The van der Waals surface area contributed by atoms with E-state index in [2.05, 4.69) is 25.9 Å². The van der Waals surface area contributed by atoms with Crippen LogP contribution in [0, 0.1) is 17.2 Å². The number of carbonyl (C=O) groups is 2. The standard InChI is InChI=1S/C30H40BrN7O5S/c1-17(2)24(36(6)29(40)43-30(3,4)5)27(39)37-10-7-18(8-11-37)9-12-38-15-33-25(32)23-26(38)35-28(34-23)44-22-14-21-20(13-19(22)31)41-16-42-21/h13-15,17-18,24,32H,7-12,16H2,1-6H3,(H,34,35)/t24-/m0/s1. The highest BCUT2D eigenvalue weighted by Crippen LogP contribution is 2.42. The first-order valence-electron chi connectivity index (χ1n) is 14.8. The number of hydrogen-bond donors (Lipinski definition) is 2. The second kappa shape index (κ2) is 13.0. The molecule has 14 heteroatoms. The molecule has 238 valence electrons. The number of benzene rings is 1. The van der Waals surface area contributed by atoms with Crippen molar-refractivity contribution < 1.29 is 23.8 Å². The molecule has 0 spiro atoms. The number of fused-ring (bicyclic) bond motifs is 2. The number of likely N-dealkylation sites (N-methyl/N-ethyl adjacent to an activating group) is 1. The molecule has 2 aliphatic rings. The Morgan fingerprint density at radius 2 is 1.91 bits per heavy atom. The summed E-state index contributed by atoms with van der Waals surface area (Å²) in [5, 5.41) is 8.98. The van der Waals surface area contributed by atoms with Crippen molar-refractivity contribution in [1.29, 1.82) is 5.41 Å². The number of aromatic nitrogens is 4. The Labute approximate surface area is 269 Å². The van der Waals surface area contributed by atoms with E-state index in [1.54, 1.807) is 13.4 Å². The molecule has 1 fully saturated rings. The number of imidazole rings is 1. The van der Waals surface area contributed by atoms with E-state index in [1.807, 2.05) is 56.2 Å². The van der Waals surface area contributed by atoms with Gasteiger partial charge in [0.2, 0.25) is 12.7 Å². The molecule has 3 aromatic rings. The molecule has 1 saturated heterocycles. The van der Waals surface area contributed by atoms with Crippen molar-refractivity contribution >= 4 is 50.9 Å². The predicted octanol–water partition coefficient (Wildman–Crippen LogP) is 5.40. The molecule has 0 bridgehead atoms. The number of aromatic amines is 1. The van der Waals surface area contributed by atoms with Gasteiger partial charge in [0.25, 0.3) is 0 Å². The summed E-state index contributed by atoms with van der Waals surface area (Å²) in [5.74, 6) is 1.73. The Hall–Kier alpha value is -3.26. The summed E-state index contributed by atoms with van der Waals surface area (Å²) in [7, 11) is 1.64. The predicted molar refractivity (Wildman–Crippen MR) is 169 cm³/mol. The van der Waals surface area contributed by atoms with E-state index in [0.29, 0.717) is 53.4 Å². The summed E-state index contributed by atoms with van der Waals surface area (Å²) in [6.45, 7) is 11.6. The number of carbonyl (C=O) groups excluding carboxylic acids is 2. The lowest BCUT2D eigenvalue weighted by molar-refractivity contribution is -0.139. The van der Waals surface area contributed by atoms with E-state index in [4.69, 9.17) is 24.6 Å². The van der Waals surface area contributed by atoms with Gasteiger partial charge in [0.15, 0.2) is 27.8 Å². The highest BCUT2D eigenvalue weighted by molar-refractivity contribution is 9.10. The number of piperidine rings is 1. The Morgan fingerprint density at radius 1 is 1.23 bits per heavy atom. The van der Waals surface area contributed by atoms with Gasteiger partial charge >= 0.3 is 6.09 Å². The first-order chi connectivity index (χ1) is 20.8. The second-order valence-corrected chi connectivity index (χ2v) is 14.5. The van der Waals surface area contributed by atoms with Gasteiger partial charge in [-0.05, 0) is 79.9 Å². The fourth-order valence-electron chi connectivity index (χ4n) is 5.55. The van der Waals surface area contributed by atoms with Gasteiger partial charge in [-0.15, -0.1) is 0 Å². The number of H-pyrrole nitrogens is 1. The van der Waals surface area contributed by atoms with Crippen molar-refractivity contribution in [2.45, 2.75) is 82.1 Å². The zero-order valence-electron chi connectivity index (χ0n) is 26.0. The van der Waals surface area contributed by atoms with E-state index in [1.165, 1.54) is 16.7 Å². The third-order valence-corrected chi connectivity index (χ3v) is 9.68. The molecular weight excluding hydrogens is 650 g/mol. The maximum atomic E-state index is 13.5.